The van der Waals surface area contributed by atoms with Crippen molar-refractivity contribution in [3.05, 3.63) is 47.5 Å². The number of hydrogen-bond acceptors (Lipinski definition) is 7. The molecule has 0 aromatic heterocycles. The van der Waals surface area contributed by atoms with Crippen LogP contribution in [0.2, 0.25) is 0 Å². The first kappa shape index (κ1) is 26.1. The largest absolute Gasteiger partial charge is 0.871 e. The van der Waals surface area contributed by atoms with E-state index in [0.717, 1.165) is 23.3 Å². The first-order chi connectivity index (χ1) is 17.3. The molecule has 0 spiro atoms. The van der Waals surface area contributed by atoms with E-state index in [1.54, 1.807) is 12.1 Å². The normalized spacial score (nSPS) is 13.2. The Morgan fingerprint density at radius 3 is 2.53 bits per heavy atom. The molecule has 186 valence electrons. The molecule has 10 heteroatoms. The lowest BCUT2D eigenvalue weighted by Gasteiger charge is -2.16. The molecule has 1 fully saturated rings. The van der Waals surface area contributed by atoms with Crippen molar-refractivity contribution >= 4 is 40.8 Å². The highest BCUT2D eigenvalue weighted by Crippen LogP contribution is 2.32. The Hall–Kier alpha value is -4.52. The van der Waals surface area contributed by atoms with Crippen LogP contribution in [0.25, 0.3) is 0 Å². The highest BCUT2D eigenvalue weighted by Gasteiger charge is 2.33. The average Bonchev–Trinajstić information content (AvgIpc) is 3.19. The number of anilines is 1. The number of amides is 3. The van der Waals surface area contributed by atoms with Crippen LogP contribution in [0, 0.1) is 12.3 Å². The molecule has 1 saturated heterocycles. The van der Waals surface area contributed by atoms with Crippen LogP contribution in [0.5, 0.6) is 5.75 Å². The van der Waals surface area contributed by atoms with Crippen molar-refractivity contribution in [3.8, 4) is 18.1 Å². The van der Waals surface area contributed by atoms with Gasteiger partial charge in [-0.3, -0.25) is 14.4 Å². The Morgan fingerprint density at radius 1 is 1.08 bits per heavy atom. The van der Waals surface area contributed by atoms with Gasteiger partial charge in [0.2, 0.25) is 17.7 Å². The zero-order valence-corrected chi connectivity index (χ0v) is 19.5. The number of carboxylic acids is 1. The van der Waals surface area contributed by atoms with Crippen LogP contribution >= 0.6 is 0 Å². The molecule has 2 aromatic rings. The van der Waals surface area contributed by atoms with Crippen molar-refractivity contribution < 1.29 is 29.4 Å². The van der Waals surface area contributed by atoms with Gasteiger partial charge in [0.1, 0.15) is 0 Å². The lowest BCUT2D eigenvalue weighted by Crippen LogP contribution is -2.30. The molecule has 1 aliphatic rings. The number of aromatic carboxylic acids is 1. The number of hydrogen-bond donors (Lipinski definition) is 2. The highest BCUT2D eigenvalue weighted by molar-refractivity contribution is 6.22. The van der Waals surface area contributed by atoms with E-state index < -0.39 is 17.8 Å². The van der Waals surface area contributed by atoms with E-state index in [-0.39, 0.29) is 47.1 Å². The molecule has 2 aromatic carbocycles. The fourth-order valence-electron chi connectivity index (χ4n) is 3.65. The van der Waals surface area contributed by atoms with Gasteiger partial charge in [-0.15, -0.1) is 12.3 Å². The van der Waals surface area contributed by atoms with E-state index in [1.807, 2.05) is 0 Å². The summed E-state index contributed by atoms with van der Waals surface area (Å²) in [5.41, 5.74) is 0.695. The van der Waals surface area contributed by atoms with E-state index in [1.165, 1.54) is 24.3 Å². The SMILES string of the molecule is C#CCCCCC(=O)NCCc1ccc([O-])c(N=Nc2ccc(C(=O)O)c(N3C(=O)CCC3=O)c2)c1. The van der Waals surface area contributed by atoms with Gasteiger partial charge in [-0.1, -0.05) is 17.9 Å². The summed E-state index contributed by atoms with van der Waals surface area (Å²) in [5, 5.41) is 32.5. The van der Waals surface area contributed by atoms with Gasteiger partial charge in [-0.2, -0.15) is 10.2 Å². The van der Waals surface area contributed by atoms with E-state index in [2.05, 4.69) is 21.5 Å². The number of terminal acetylenes is 1. The molecular weight excluding hydrogens is 464 g/mol. The molecule has 1 heterocycles. The molecular formula is C26H25N4O6-. The summed E-state index contributed by atoms with van der Waals surface area (Å²) in [5.74, 6) is -0.184. The van der Waals surface area contributed by atoms with E-state index in [9.17, 15) is 29.4 Å². The van der Waals surface area contributed by atoms with Crippen molar-refractivity contribution in [3.63, 3.8) is 0 Å². The molecule has 3 amide bonds. The molecule has 2 N–H and O–H groups in total. The van der Waals surface area contributed by atoms with Gasteiger partial charge >= 0.3 is 5.97 Å². The van der Waals surface area contributed by atoms with Gasteiger partial charge in [0.15, 0.2) is 0 Å². The third kappa shape index (κ3) is 6.76. The summed E-state index contributed by atoms with van der Waals surface area (Å²) in [4.78, 5) is 48.6. The fourth-order valence-corrected chi connectivity index (χ4v) is 3.65. The molecule has 1 aliphatic heterocycles. The second-order valence-electron chi connectivity index (χ2n) is 8.14. The maximum absolute atomic E-state index is 12.2. The monoisotopic (exact) mass is 489 g/mol. The van der Waals surface area contributed by atoms with Crippen LogP contribution in [0.15, 0.2) is 46.6 Å². The van der Waals surface area contributed by atoms with E-state index in [4.69, 9.17) is 6.42 Å². The van der Waals surface area contributed by atoms with Gasteiger partial charge in [0.25, 0.3) is 0 Å². The molecule has 0 radical (unpaired) electrons. The maximum atomic E-state index is 12.2. The number of carboxylic acid groups (broad SMARTS) is 1. The number of azo groups is 1. The number of benzene rings is 2. The Balaban J connectivity index is 1.69. The molecule has 0 unspecified atom stereocenters. The van der Waals surface area contributed by atoms with Crippen LogP contribution in [0.3, 0.4) is 0 Å². The number of rotatable bonds is 11. The maximum Gasteiger partial charge on any atom is 0.337 e. The third-order valence-electron chi connectivity index (χ3n) is 5.51. The molecule has 0 bridgehead atoms. The van der Waals surface area contributed by atoms with Crippen molar-refractivity contribution in [2.45, 2.75) is 44.9 Å². The van der Waals surface area contributed by atoms with E-state index in [0.29, 0.717) is 25.8 Å². The molecule has 0 aliphatic carbocycles. The highest BCUT2D eigenvalue weighted by atomic mass is 16.4. The van der Waals surface area contributed by atoms with Crippen molar-refractivity contribution in [1.29, 1.82) is 0 Å². The summed E-state index contributed by atoms with van der Waals surface area (Å²) in [6.45, 7) is 0.390. The second kappa shape index (κ2) is 12.3. The Labute approximate surface area is 208 Å². The lowest BCUT2D eigenvalue weighted by molar-refractivity contribution is -0.267. The Bertz CT molecular complexity index is 1230. The summed E-state index contributed by atoms with van der Waals surface area (Å²) in [7, 11) is 0. The number of nitrogens with one attached hydrogen (secondary N) is 1. The van der Waals surface area contributed by atoms with Crippen LogP contribution in [0.4, 0.5) is 17.1 Å². The summed E-state index contributed by atoms with van der Waals surface area (Å²) in [6, 6.07) is 8.44. The molecule has 0 saturated carbocycles. The first-order valence-corrected chi connectivity index (χ1v) is 11.4. The lowest BCUT2D eigenvalue weighted by atomic mass is 10.1. The topological polar surface area (TPSA) is 152 Å². The molecule has 0 atom stereocenters. The zero-order valence-electron chi connectivity index (χ0n) is 19.5. The number of carbonyl (C=O) groups excluding carboxylic acids is 3. The average molecular weight is 490 g/mol. The predicted octanol–water partition coefficient (Wildman–Crippen LogP) is 3.38. The minimum Gasteiger partial charge on any atom is -0.871 e. The van der Waals surface area contributed by atoms with Gasteiger partial charge in [-0.05, 0) is 49.1 Å². The number of nitrogens with zero attached hydrogens (tertiary/aromatic N) is 3. The summed E-state index contributed by atoms with van der Waals surface area (Å²) in [6.07, 6.45) is 8.25. The van der Waals surface area contributed by atoms with Crippen molar-refractivity contribution in [2.24, 2.45) is 10.2 Å². The molecule has 3 rings (SSSR count). The smallest absolute Gasteiger partial charge is 0.337 e. The quantitative estimate of drug-likeness (QED) is 0.214. The predicted molar refractivity (Wildman–Crippen MR) is 129 cm³/mol. The van der Waals surface area contributed by atoms with Crippen LogP contribution < -0.4 is 15.3 Å². The van der Waals surface area contributed by atoms with E-state index >= 15 is 0 Å². The summed E-state index contributed by atoms with van der Waals surface area (Å²) < 4.78 is 0. The van der Waals surface area contributed by atoms with Gasteiger partial charge in [0.05, 0.1) is 22.6 Å². The Kier molecular flexibility index (Phi) is 8.89. The first-order valence-electron chi connectivity index (χ1n) is 11.4. The van der Waals surface area contributed by atoms with Crippen molar-refractivity contribution in [1.82, 2.24) is 5.32 Å². The Morgan fingerprint density at radius 2 is 1.83 bits per heavy atom. The fraction of sp³-hybridized carbons (Fsp3) is 0.308. The van der Waals surface area contributed by atoms with Gasteiger partial charge < -0.3 is 15.5 Å². The van der Waals surface area contributed by atoms with Crippen LogP contribution in [0.1, 0.15) is 54.4 Å². The van der Waals surface area contributed by atoms with Crippen LogP contribution in [-0.4, -0.2) is 35.3 Å². The van der Waals surface area contributed by atoms with Crippen LogP contribution in [-0.2, 0) is 20.8 Å². The summed E-state index contributed by atoms with van der Waals surface area (Å²) >= 11 is 0. The molecule has 10 nitrogen and oxygen atoms in total. The minimum absolute atomic E-state index is 0.00217. The standard InChI is InChI=1S/C26H26N4O6/c1-2-3-4-5-6-23(32)27-14-13-17-7-10-22(31)20(15-17)29-28-18-8-9-19(26(35)36)21(16-18)30-24(33)11-12-25(30)34/h1,7-10,15-16,31H,3-6,11-14H2,(H,27,32)(H,35,36)/p-1. The van der Waals surface area contributed by atoms with Gasteiger partial charge in [0, 0.05) is 32.2 Å². The molecule has 36 heavy (non-hydrogen) atoms. The third-order valence-corrected chi connectivity index (χ3v) is 5.51. The van der Waals surface area contributed by atoms with Gasteiger partial charge in [-0.25, -0.2) is 9.69 Å². The minimum atomic E-state index is -1.30. The zero-order chi connectivity index (χ0) is 26.1. The number of imide groups is 1. The number of unbranched alkanes of at least 4 members (excludes halogenated alkanes) is 2. The number of carbonyl (C=O) groups is 4. The second-order valence-corrected chi connectivity index (χ2v) is 8.14. The van der Waals surface area contributed by atoms with Crippen molar-refractivity contribution in [2.75, 3.05) is 11.4 Å².